The average Bonchev–Trinajstić information content (AvgIpc) is 2.67. The summed E-state index contributed by atoms with van der Waals surface area (Å²) in [6, 6.07) is 2.42. The Labute approximate surface area is 108 Å². The molecule has 1 heterocycles. The van der Waals surface area contributed by atoms with Crippen LogP contribution in [0.1, 0.15) is 37.8 Å². The monoisotopic (exact) mass is 268 g/mol. The molecule has 0 aliphatic heterocycles. The standard InChI is InChI=1S/C13H14F2N2O2/c1-13(19)4-7(5-13)17-6-16-10-3-8(18)2-9(11(10)17)12(14)15/h2-3,6-7,12,18-19H,4-5H2,1H3. The fourth-order valence-electron chi connectivity index (χ4n) is 2.78. The molecule has 0 saturated heterocycles. The molecule has 3 rings (SSSR count). The Morgan fingerprint density at radius 1 is 1.42 bits per heavy atom. The summed E-state index contributed by atoms with van der Waals surface area (Å²) in [6.07, 6.45) is -0.148. The molecule has 1 fully saturated rings. The molecule has 6 heteroatoms. The van der Waals surface area contributed by atoms with Crippen LogP contribution in [0.15, 0.2) is 18.5 Å². The predicted octanol–water partition coefficient (Wildman–Crippen LogP) is 2.77. The Bertz CT molecular complexity index is 629. The summed E-state index contributed by atoms with van der Waals surface area (Å²) < 4.78 is 27.8. The SMILES string of the molecule is CC1(O)CC(n2cnc3cc(O)cc(C(F)F)c32)C1. The quantitative estimate of drug-likeness (QED) is 0.880. The van der Waals surface area contributed by atoms with Crippen LogP contribution in [0.25, 0.3) is 11.0 Å². The van der Waals surface area contributed by atoms with Crippen molar-refractivity contribution in [1.82, 2.24) is 9.55 Å². The number of fused-ring (bicyclic) bond motifs is 1. The molecular weight excluding hydrogens is 254 g/mol. The van der Waals surface area contributed by atoms with Crippen LogP contribution < -0.4 is 0 Å². The fourth-order valence-corrected chi connectivity index (χ4v) is 2.78. The highest BCUT2D eigenvalue weighted by Crippen LogP contribution is 2.43. The van der Waals surface area contributed by atoms with Gasteiger partial charge in [0.05, 0.1) is 23.0 Å². The Hall–Kier alpha value is -1.69. The zero-order valence-electron chi connectivity index (χ0n) is 10.3. The molecule has 1 aliphatic carbocycles. The summed E-state index contributed by atoms with van der Waals surface area (Å²) in [5.74, 6) is -0.214. The largest absolute Gasteiger partial charge is 0.508 e. The maximum Gasteiger partial charge on any atom is 0.266 e. The van der Waals surface area contributed by atoms with Crippen LogP contribution in [0.2, 0.25) is 0 Å². The van der Waals surface area contributed by atoms with Crippen molar-refractivity contribution in [2.24, 2.45) is 0 Å². The van der Waals surface area contributed by atoms with Gasteiger partial charge < -0.3 is 14.8 Å². The van der Waals surface area contributed by atoms with Crippen molar-refractivity contribution < 1.29 is 19.0 Å². The minimum atomic E-state index is -2.68. The van der Waals surface area contributed by atoms with E-state index < -0.39 is 12.0 Å². The summed E-state index contributed by atoms with van der Waals surface area (Å²) in [5, 5.41) is 19.2. The van der Waals surface area contributed by atoms with Gasteiger partial charge in [0.15, 0.2) is 0 Å². The molecule has 0 atom stereocenters. The molecule has 2 aromatic rings. The highest BCUT2D eigenvalue weighted by Gasteiger charge is 2.40. The summed E-state index contributed by atoms with van der Waals surface area (Å²) in [6.45, 7) is 1.72. The molecule has 2 N–H and O–H groups in total. The third-order valence-electron chi connectivity index (χ3n) is 3.66. The van der Waals surface area contributed by atoms with Crippen molar-refractivity contribution in [3.8, 4) is 5.75 Å². The van der Waals surface area contributed by atoms with E-state index in [1.807, 2.05) is 0 Å². The number of phenols is 1. The first-order valence-corrected chi connectivity index (χ1v) is 6.07. The Morgan fingerprint density at radius 3 is 2.68 bits per heavy atom. The van der Waals surface area contributed by atoms with Gasteiger partial charge in [0.2, 0.25) is 0 Å². The summed E-state index contributed by atoms with van der Waals surface area (Å²) in [5.41, 5.74) is -0.266. The topological polar surface area (TPSA) is 58.3 Å². The van der Waals surface area contributed by atoms with E-state index in [2.05, 4.69) is 4.98 Å². The number of hydrogen-bond acceptors (Lipinski definition) is 3. The van der Waals surface area contributed by atoms with E-state index in [0.29, 0.717) is 23.9 Å². The van der Waals surface area contributed by atoms with E-state index in [4.69, 9.17) is 0 Å². The molecule has 0 radical (unpaired) electrons. The number of rotatable bonds is 2. The van der Waals surface area contributed by atoms with Crippen molar-refractivity contribution in [2.45, 2.75) is 37.8 Å². The number of imidazole rings is 1. The lowest BCUT2D eigenvalue weighted by Gasteiger charge is -2.41. The number of halogens is 2. The van der Waals surface area contributed by atoms with Crippen LogP contribution in [0.5, 0.6) is 5.75 Å². The average molecular weight is 268 g/mol. The van der Waals surface area contributed by atoms with Crippen molar-refractivity contribution in [3.63, 3.8) is 0 Å². The van der Waals surface area contributed by atoms with Crippen molar-refractivity contribution in [2.75, 3.05) is 0 Å². The summed E-state index contributed by atoms with van der Waals surface area (Å²) in [7, 11) is 0. The van der Waals surface area contributed by atoms with Crippen LogP contribution >= 0.6 is 0 Å². The van der Waals surface area contributed by atoms with Gasteiger partial charge in [-0.25, -0.2) is 13.8 Å². The number of aliphatic hydroxyl groups is 1. The highest BCUT2D eigenvalue weighted by molar-refractivity contribution is 5.81. The zero-order chi connectivity index (χ0) is 13.8. The Kier molecular flexibility index (Phi) is 2.53. The maximum atomic E-state index is 13.1. The van der Waals surface area contributed by atoms with Gasteiger partial charge in [0.1, 0.15) is 5.75 Å². The molecular formula is C13H14F2N2O2. The first-order chi connectivity index (χ1) is 8.87. The minimum absolute atomic E-state index is 0.0259. The molecule has 0 bridgehead atoms. The van der Waals surface area contributed by atoms with Gasteiger partial charge in [-0.05, 0) is 25.8 Å². The van der Waals surface area contributed by atoms with Crippen LogP contribution in [-0.2, 0) is 0 Å². The number of phenolic OH excluding ortho intramolecular Hbond substituents is 1. The fraction of sp³-hybridized carbons (Fsp3) is 0.462. The smallest absolute Gasteiger partial charge is 0.266 e. The van der Waals surface area contributed by atoms with E-state index >= 15 is 0 Å². The van der Waals surface area contributed by atoms with Gasteiger partial charge in [0.25, 0.3) is 6.43 Å². The second-order valence-corrected chi connectivity index (χ2v) is 5.41. The Balaban J connectivity index is 2.12. The lowest BCUT2D eigenvalue weighted by Crippen LogP contribution is -2.41. The third kappa shape index (κ3) is 1.96. The van der Waals surface area contributed by atoms with Crippen molar-refractivity contribution in [1.29, 1.82) is 0 Å². The van der Waals surface area contributed by atoms with Gasteiger partial charge in [-0.2, -0.15) is 0 Å². The van der Waals surface area contributed by atoms with Crippen LogP contribution in [-0.4, -0.2) is 25.4 Å². The molecule has 1 saturated carbocycles. The van der Waals surface area contributed by atoms with E-state index in [1.165, 1.54) is 12.4 Å². The molecule has 1 aromatic carbocycles. The lowest BCUT2D eigenvalue weighted by molar-refractivity contribution is -0.0499. The zero-order valence-corrected chi connectivity index (χ0v) is 10.3. The van der Waals surface area contributed by atoms with E-state index in [0.717, 1.165) is 6.07 Å². The normalized spacial score (nSPS) is 26.9. The number of nitrogens with zero attached hydrogens (tertiary/aromatic N) is 2. The van der Waals surface area contributed by atoms with Gasteiger partial charge in [-0.3, -0.25) is 0 Å². The van der Waals surface area contributed by atoms with Crippen LogP contribution in [0.4, 0.5) is 8.78 Å². The molecule has 1 aromatic heterocycles. The molecule has 19 heavy (non-hydrogen) atoms. The third-order valence-corrected chi connectivity index (χ3v) is 3.66. The van der Waals surface area contributed by atoms with Crippen molar-refractivity contribution in [3.05, 3.63) is 24.0 Å². The molecule has 1 aliphatic rings. The second-order valence-electron chi connectivity index (χ2n) is 5.41. The Morgan fingerprint density at radius 2 is 2.11 bits per heavy atom. The van der Waals surface area contributed by atoms with E-state index in [-0.39, 0.29) is 17.4 Å². The van der Waals surface area contributed by atoms with Gasteiger partial charge in [-0.15, -0.1) is 0 Å². The number of alkyl halides is 2. The van der Waals surface area contributed by atoms with E-state index in [9.17, 15) is 19.0 Å². The van der Waals surface area contributed by atoms with Crippen LogP contribution in [0.3, 0.4) is 0 Å². The number of aromatic hydroxyl groups is 1. The summed E-state index contributed by atoms with van der Waals surface area (Å²) in [4.78, 5) is 4.06. The van der Waals surface area contributed by atoms with Crippen LogP contribution in [0, 0.1) is 0 Å². The number of hydrogen-bond donors (Lipinski definition) is 2. The lowest BCUT2D eigenvalue weighted by atomic mass is 9.77. The first kappa shape index (κ1) is 12.3. The number of benzene rings is 1. The van der Waals surface area contributed by atoms with Crippen molar-refractivity contribution >= 4 is 11.0 Å². The van der Waals surface area contributed by atoms with Gasteiger partial charge in [0, 0.05) is 17.7 Å². The molecule has 0 unspecified atom stereocenters. The van der Waals surface area contributed by atoms with Gasteiger partial charge >= 0.3 is 0 Å². The van der Waals surface area contributed by atoms with E-state index in [1.54, 1.807) is 11.5 Å². The second kappa shape index (κ2) is 3.90. The molecule has 4 nitrogen and oxygen atoms in total. The number of aromatic nitrogens is 2. The molecule has 0 spiro atoms. The maximum absolute atomic E-state index is 13.1. The van der Waals surface area contributed by atoms with Gasteiger partial charge in [-0.1, -0.05) is 0 Å². The first-order valence-electron chi connectivity index (χ1n) is 6.07. The molecule has 0 amide bonds. The highest BCUT2D eigenvalue weighted by atomic mass is 19.3. The summed E-state index contributed by atoms with van der Waals surface area (Å²) >= 11 is 0. The molecule has 102 valence electrons. The minimum Gasteiger partial charge on any atom is -0.508 e. The predicted molar refractivity (Wildman–Crippen MR) is 65.2 cm³/mol.